The summed E-state index contributed by atoms with van der Waals surface area (Å²) in [6, 6.07) is 19.2. The molecule has 37 heavy (non-hydrogen) atoms. The molecule has 3 aromatic rings. The molecule has 0 amide bonds. The number of para-hydroxylation sites is 1. The molecule has 0 heterocycles. The minimum atomic E-state index is -2.72. The first-order valence-electron chi connectivity index (χ1n) is 11.9. The van der Waals surface area contributed by atoms with Crippen molar-refractivity contribution in [3.05, 3.63) is 94.8 Å². The second-order valence-electron chi connectivity index (χ2n) is 9.11. The van der Waals surface area contributed by atoms with Crippen LogP contribution in [0.2, 0.25) is 5.02 Å². The van der Waals surface area contributed by atoms with Crippen molar-refractivity contribution in [3.8, 4) is 11.5 Å². The Kier molecular flexibility index (Phi) is 8.13. The Labute approximate surface area is 219 Å². The van der Waals surface area contributed by atoms with Crippen LogP contribution in [-0.4, -0.2) is 30.8 Å². The minimum absolute atomic E-state index is 0.0794. The number of benzene rings is 3. The lowest BCUT2D eigenvalue weighted by Gasteiger charge is -2.37. The largest absolute Gasteiger partial charge is 0.467 e. The van der Waals surface area contributed by atoms with E-state index in [0.29, 0.717) is 34.7 Å². The fraction of sp³-hybridized carbons (Fsp3) is 0.310. The highest BCUT2D eigenvalue weighted by atomic mass is 35.5. The van der Waals surface area contributed by atoms with Gasteiger partial charge in [0.2, 0.25) is 0 Å². The zero-order valence-corrected chi connectivity index (χ0v) is 21.2. The van der Waals surface area contributed by atoms with Crippen LogP contribution < -0.4 is 4.74 Å². The van der Waals surface area contributed by atoms with E-state index in [9.17, 15) is 14.0 Å². The van der Waals surface area contributed by atoms with Crippen molar-refractivity contribution < 1.29 is 32.6 Å². The molecule has 0 saturated heterocycles. The summed E-state index contributed by atoms with van der Waals surface area (Å²) in [4.78, 5) is 25.2. The Morgan fingerprint density at radius 1 is 1.05 bits per heavy atom. The molecule has 0 unspecified atom stereocenters. The Morgan fingerprint density at radius 2 is 1.73 bits per heavy atom. The molecular weight excluding hydrogens is 502 g/mol. The topological polar surface area (TPSA) is 61.8 Å². The van der Waals surface area contributed by atoms with Crippen molar-refractivity contribution in [2.75, 3.05) is 7.11 Å². The fourth-order valence-electron chi connectivity index (χ4n) is 4.63. The van der Waals surface area contributed by atoms with Gasteiger partial charge in [-0.2, -0.15) is 0 Å². The smallest absolute Gasteiger partial charge is 0.348 e. The van der Waals surface area contributed by atoms with Gasteiger partial charge in [0.15, 0.2) is 17.7 Å². The van der Waals surface area contributed by atoms with Crippen molar-refractivity contribution >= 4 is 23.5 Å². The van der Waals surface area contributed by atoms with Gasteiger partial charge in [0.05, 0.1) is 7.11 Å². The lowest BCUT2D eigenvalue weighted by molar-refractivity contribution is -0.177. The van der Waals surface area contributed by atoms with E-state index in [4.69, 9.17) is 25.8 Å². The van der Waals surface area contributed by atoms with E-state index in [2.05, 4.69) is 0 Å². The highest BCUT2D eigenvalue weighted by Crippen LogP contribution is 2.52. The third kappa shape index (κ3) is 6.10. The number of carbonyl (C=O) groups excluding carboxylic acids is 2. The summed E-state index contributed by atoms with van der Waals surface area (Å²) in [6.07, 6.45) is -0.357. The number of alkyl halides is 1. The molecule has 1 saturated carbocycles. The monoisotopic (exact) mass is 528 g/mol. The lowest BCUT2D eigenvalue weighted by atomic mass is 9.75. The second-order valence-corrected chi connectivity index (χ2v) is 9.54. The molecule has 194 valence electrons. The maximum Gasteiger partial charge on any atom is 0.348 e. The number of carbonyl (C=O) groups is 2. The van der Waals surface area contributed by atoms with E-state index in [1.807, 2.05) is 0 Å². The molecule has 8 heteroatoms. The molecule has 1 aliphatic rings. The van der Waals surface area contributed by atoms with E-state index in [1.54, 1.807) is 54.6 Å². The van der Waals surface area contributed by atoms with Crippen LogP contribution in [0.4, 0.5) is 8.78 Å². The molecule has 3 aromatic carbocycles. The van der Waals surface area contributed by atoms with Crippen molar-refractivity contribution in [1.29, 1.82) is 0 Å². The van der Waals surface area contributed by atoms with E-state index in [-0.39, 0.29) is 18.1 Å². The van der Waals surface area contributed by atoms with Gasteiger partial charge in [-0.15, -0.1) is 0 Å². The van der Waals surface area contributed by atoms with E-state index in [1.165, 1.54) is 18.2 Å². The molecule has 1 aliphatic carbocycles. The molecular formula is C29H27ClF2O5. The zero-order valence-electron chi connectivity index (χ0n) is 20.5. The molecule has 0 bridgehead atoms. The van der Waals surface area contributed by atoms with Crippen LogP contribution in [0.5, 0.6) is 11.5 Å². The molecule has 1 fully saturated rings. The van der Waals surface area contributed by atoms with Crippen LogP contribution in [0.1, 0.15) is 36.8 Å². The first-order chi connectivity index (χ1) is 17.7. The summed E-state index contributed by atoms with van der Waals surface area (Å²) in [7, 11) is 1.09. The Hall–Kier alpha value is -3.45. The summed E-state index contributed by atoms with van der Waals surface area (Å²) >= 11 is 6.04. The SMILES string of the molecule is COC(=O)[C@@](F)([C@@H](Cc1ccc(F)c(Oc2ccccc2)c1)OC(C)=O)[C@@H](c1ccc(Cl)cc1)C1CC1. The predicted molar refractivity (Wildman–Crippen MR) is 135 cm³/mol. The number of esters is 2. The minimum Gasteiger partial charge on any atom is -0.467 e. The molecule has 0 aliphatic heterocycles. The fourth-order valence-corrected chi connectivity index (χ4v) is 4.76. The van der Waals surface area contributed by atoms with Crippen LogP contribution in [-0.2, 0) is 25.5 Å². The van der Waals surface area contributed by atoms with Gasteiger partial charge in [-0.25, -0.2) is 13.6 Å². The summed E-state index contributed by atoms with van der Waals surface area (Å²) in [5, 5.41) is 0.467. The Bertz CT molecular complexity index is 1250. The van der Waals surface area contributed by atoms with Crippen LogP contribution in [0, 0.1) is 11.7 Å². The van der Waals surface area contributed by atoms with Gasteiger partial charge in [-0.3, -0.25) is 4.79 Å². The normalized spacial score (nSPS) is 16.2. The number of methoxy groups -OCH3 is 1. The lowest BCUT2D eigenvalue weighted by Crippen LogP contribution is -2.54. The molecule has 0 aromatic heterocycles. The van der Waals surface area contributed by atoms with Gasteiger partial charge >= 0.3 is 11.9 Å². The summed E-state index contributed by atoms with van der Waals surface area (Å²) in [6.45, 7) is 1.15. The van der Waals surface area contributed by atoms with Crippen LogP contribution >= 0.6 is 11.6 Å². The Morgan fingerprint density at radius 3 is 2.32 bits per heavy atom. The standard InChI is InChI=1S/C29H27ClF2O5/c1-18(33)36-26(17-19-8-15-24(31)25(16-19)37-23-6-4-3-5-7-23)29(32,28(34)35-2)27(20-9-10-20)21-11-13-22(30)14-12-21/h3-8,11-16,20,26-27H,9-10,17H2,1-2H3/t26-,27-,29-/m1/s1. The van der Waals surface area contributed by atoms with Crippen molar-refractivity contribution in [1.82, 2.24) is 0 Å². The average Bonchev–Trinajstić information content (AvgIpc) is 3.71. The number of hydrogen-bond acceptors (Lipinski definition) is 5. The van der Waals surface area contributed by atoms with Gasteiger partial charge < -0.3 is 14.2 Å². The van der Waals surface area contributed by atoms with Gasteiger partial charge in [0.1, 0.15) is 5.75 Å². The summed E-state index contributed by atoms with van der Waals surface area (Å²) in [5.74, 6) is -3.29. The first-order valence-corrected chi connectivity index (χ1v) is 12.3. The molecule has 4 rings (SSSR count). The van der Waals surface area contributed by atoms with E-state index < -0.39 is 35.4 Å². The number of halogens is 3. The van der Waals surface area contributed by atoms with Gasteiger partial charge in [-0.05, 0) is 66.3 Å². The van der Waals surface area contributed by atoms with Crippen molar-refractivity contribution in [2.45, 2.75) is 43.9 Å². The van der Waals surface area contributed by atoms with E-state index >= 15 is 4.39 Å². The van der Waals surface area contributed by atoms with E-state index in [0.717, 1.165) is 14.0 Å². The maximum absolute atomic E-state index is 17.3. The van der Waals surface area contributed by atoms with Gasteiger partial charge in [0, 0.05) is 24.3 Å². The van der Waals surface area contributed by atoms with Gasteiger partial charge in [0.25, 0.3) is 5.67 Å². The zero-order chi connectivity index (χ0) is 26.6. The molecule has 0 radical (unpaired) electrons. The summed E-state index contributed by atoms with van der Waals surface area (Å²) < 4.78 is 47.9. The van der Waals surface area contributed by atoms with Crippen molar-refractivity contribution in [3.63, 3.8) is 0 Å². The molecule has 3 atom stereocenters. The maximum atomic E-state index is 17.3. The van der Waals surface area contributed by atoms with Crippen LogP contribution in [0.15, 0.2) is 72.8 Å². The van der Waals surface area contributed by atoms with Gasteiger partial charge in [-0.1, -0.05) is 48.0 Å². The van der Waals surface area contributed by atoms with Crippen molar-refractivity contribution in [2.24, 2.45) is 5.92 Å². The first kappa shape index (κ1) is 26.6. The molecule has 0 spiro atoms. The van der Waals surface area contributed by atoms with Crippen LogP contribution in [0.25, 0.3) is 0 Å². The highest BCUT2D eigenvalue weighted by Gasteiger charge is 2.60. The predicted octanol–water partition coefficient (Wildman–Crippen LogP) is 6.82. The molecule has 5 nitrogen and oxygen atoms in total. The Balaban J connectivity index is 1.74. The highest BCUT2D eigenvalue weighted by molar-refractivity contribution is 6.30. The number of rotatable bonds is 10. The number of ether oxygens (including phenoxy) is 3. The van der Waals surface area contributed by atoms with Crippen LogP contribution in [0.3, 0.4) is 0 Å². The summed E-state index contributed by atoms with van der Waals surface area (Å²) in [5.41, 5.74) is -1.76. The third-order valence-corrected chi connectivity index (χ3v) is 6.69. The quantitative estimate of drug-likeness (QED) is 0.270. The molecule has 0 N–H and O–H groups in total. The number of hydrogen-bond donors (Lipinski definition) is 0. The second kappa shape index (κ2) is 11.3. The third-order valence-electron chi connectivity index (χ3n) is 6.44. The average molecular weight is 529 g/mol.